The minimum absolute atomic E-state index is 0.229. The van der Waals surface area contributed by atoms with Gasteiger partial charge in [0.1, 0.15) is 5.75 Å². The summed E-state index contributed by atoms with van der Waals surface area (Å²) in [6.45, 7) is 0. The quantitative estimate of drug-likeness (QED) is 0.527. The molecule has 2 heterocycles. The molecule has 6 heteroatoms. The van der Waals surface area contributed by atoms with Gasteiger partial charge in [-0.2, -0.15) is 0 Å². The summed E-state index contributed by atoms with van der Waals surface area (Å²) >= 11 is 1.59. The fraction of sp³-hybridized carbons (Fsp3) is 0.0526. The monoisotopic (exact) mass is 369 g/mol. The van der Waals surface area contributed by atoms with Crippen LogP contribution in [0.5, 0.6) is 5.75 Å². The van der Waals surface area contributed by atoms with Crippen molar-refractivity contribution < 1.29 is 13.2 Å². The second-order valence-corrected chi connectivity index (χ2v) is 8.28. The molecule has 0 aliphatic heterocycles. The fourth-order valence-corrected chi connectivity index (χ4v) is 4.98. The summed E-state index contributed by atoms with van der Waals surface area (Å²) in [5, 5.41) is 2.88. The maximum absolute atomic E-state index is 13.2. The van der Waals surface area contributed by atoms with Crippen molar-refractivity contribution >= 4 is 32.3 Å². The first-order valence-corrected chi connectivity index (χ1v) is 9.97. The second-order valence-electron chi connectivity index (χ2n) is 5.51. The Kier molecular flexibility index (Phi) is 3.86. The van der Waals surface area contributed by atoms with Crippen LogP contribution in [0.1, 0.15) is 0 Å². The predicted octanol–water partition coefficient (Wildman–Crippen LogP) is 4.62. The molecule has 0 unspecified atom stereocenters. The van der Waals surface area contributed by atoms with Gasteiger partial charge >= 0.3 is 0 Å². The molecule has 4 nitrogen and oxygen atoms in total. The zero-order chi connectivity index (χ0) is 17.4. The van der Waals surface area contributed by atoms with Crippen molar-refractivity contribution in [2.24, 2.45) is 0 Å². The first-order valence-electron chi connectivity index (χ1n) is 7.65. The molecule has 0 spiro atoms. The molecule has 0 aliphatic carbocycles. The third-order valence-electron chi connectivity index (χ3n) is 4.08. The van der Waals surface area contributed by atoms with E-state index < -0.39 is 10.0 Å². The zero-order valence-electron chi connectivity index (χ0n) is 13.4. The van der Waals surface area contributed by atoms with E-state index in [0.29, 0.717) is 11.3 Å². The number of para-hydroxylation sites is 1. The first-order chi connectivity index (χ1) is 12.1. The molecule has 0 amide bonds. The Morgan fingerprint density at radius 1 is 0.960 bits per heavy atom. The number of ether oxygens (including phenoxy) is 1. The van der Waals surface area contributed by atoms with Gasteiger partial charge in [-0.25, -0.2) is 12.4 Å². The van der Waals surface area contributed by atoms with Crippen LogP contribution in [0.15, 0.2) is 77.1 Å². The predicted molar refractivity (Wildman–Crippen MR) is 101 cm³/mol. The van der Waals surface area contributed by atoms with Gasteiger partial charge in [-0.05, 0) is 41.8 Å². The van der Waals surface area contributed by atoms with Crippen LogP contribution in [0.3, 0.4) is 0 Å². The highest BCUT2D eigenvalue weighted by Crippen LogP contribution is 2.34. The molecule has 126 valence electrons. The van der Waals surface area contributed by atoms with E-state index in [0.717, 1.165) is 15.8 Å². The number of hydrogen-bond donors (Lipinski definition) is 0. The van der Waals surface area contributed by atoms with E-state index in [-0.39, 0.29) is 4.90 Å². The van der Waals surface area contributed by atoms with Gasteiger partial charge in [-0.15, -0.1) is 11.3 Å². The van der Waals surface area contributed by atoms with Crippen LogP contribution in [0.25, 0.3) is 21.3 Å². The van der Waals surface area contributed by atoms with Gasteiger partial charge in [-0.3, -0.25) is 0 Å². The molecule has 0 fully saturated rings. The smallest absolute Gasteiger partial charge is 0.268 e. The Hall–Kier alpha value is -2.57. The lowest BCUT2D eigenvalue weighted by molar-refractivity contribution is 0.414. The number of rotatable bonds is 4. The van der Waals surface area contributed by atoms with Crippen molar-refractivity contribution in [1.82, 2.24) is 3.97 Å². The van der Waals surface area contributed by atoms with Crippen LogP contribution in [0.4, 0.5) is 0 Å². The summed E-state index contributed by atoms with van der Waals surface area (Å²) in [5.41, 5.74) is 1.61. The van der Waals surface area contributed by atoms with Gasteiger partial charge in [0.2, 0.25) is 0 Å². The van der Waals surface area contributed by atoms with Gasteiger partial charge in [0, 0.05) is 22.0 Å². The van der Waals surface area contributed by atoms with E-state index >= 15 is 0 Å². The summed E-state index contributed by atoms with van der Waals surface area (Å²) in [5.74, 6) is 0.621. The molecule has 0 radical (unpaired) electrons. The van der Waals surface area contributed by atoms with Gasteiger partial charge in [0.15, 0.2) is 0 Å². The average molecular weight is 369 g/mol. The number of fused-ring (bicyclic) bond motifs is 1. The maximum atomic E-state index is 13.2. The second kappa shape index (κ2) is 6.06. The van der Waals surface area contributed by atoms with Crippen molar-refractivity contribution in [3.8, 4) is 16.2 Å². The number of aromatic nitrogens is 1. The van der Waals surface area contributed by atoms with E-state index in [1.54, 1.807) is 48.9 Å². The van der Waals surface area contributed by atoms with E-state index in [9.17, 15) is 8.42 Å². The summed E-state index contributed by atoms with van der Waals surface area (Å²) in [7, 11) is -2.14. The number of methoxy groups -OCH3 is 1. The Labute approximate surface area is 150 Å². The highest BCUT2D eigenvalue weighted by molar-refractivity contribution is 7.90. The SMILES string of the molecule is COc1ccc(S(=O)(=O)n2ccc3cccc(-c4cccs4)c32)cc1. The van der Waals surface area contributed by atoms with Crippen molar-refractivity contribution in [3.63, 3.8) is 0 Å². The summed E-state index contributed by atoms with van der Waals surface area (Å²) in [6.07, 6.45) is 1.61. The van der Waals surface area contributed by atoms with E-state index in [1.165, 1.54) is 3.97 Å². The van der Waals surface area contributed by atoms with Crippen LogP contribution in [0, 0.1) is 0 Å². The summed E-state index contributed by atoms with van der Waals surface area (Å²) in [4.78, 5) is 1.27. The molecule has 4 rings (SSSR count). The van der Waals surface area contributed by atoms with Crippen LogP contribution < -0.4 is 4.74 Å². The number of hydrogen-bond acceptors (Lipinski definition) is 4. The standard InChI is InChI=1S/C19H15NO3S2/c1-23-15-7-9-16(10-8-15)25(21,22)20-12-11-14-4-2-5-17(19(14)20)18-6-3-13-24-18/h2-13H,1H3. The number of nitrogens with zero attached hydrogens (tertiary/aromatic N) is 1. The molecular formula is C19H15NO3S2. The van der Waals surface area contributed by atoms with Gasteiger partial charge in [0.05, 0.1) is 17.5 Å². The molecule has 0 atom stereocenters. The van der Waals surface area contributed by atoms with E-state index in [1.807, 2.05) is 41.8 Å². The Morgan fingerprint density at radius 3 is 2.44 bits per heavy atom. The lowest BCUT2D eigenvalue weighted by atomic mass is 10.1. The highest BCUT2D eigenvalue weighted by Gasteiger charge is 2.21. The van der Waals surface area contributed by atoms with E-state index in [2.05, 4.69) is 0 Å². The van der Waals surface area contributed by atoms with Gasteiger partial charge in [0.25, 0.3) is 10.0 Å². The summed E-state index contributed by atoms with van der Waals surface area (Å²) < 4.78 is 32.8. The first kappa shape index (κ1) is 15.9. The molecule has 25 heavy (non-hydrogen) atoms. The number of thiophene rings is 1. The highest BCUT2D eigenvalue weighted by atomic mass is 32.2. The van der Waals surface area contributed by atoms with Crippen LogP contribution >= 0.6 is 11.3 Å². The van der Waals surface area contributed by atoms with Crippen molar-refractivity contribution in [3.05, 3.63) is 72.2 Å². The Morgan fingerprint density at radius 2 is 1.76 bits per heavy atom. The van der Waals surface area contributed by atoms with Crippen LogP contribution in [-0.4, -0.2) is 19.5 Å². The Balaban J connectivity index is 1.94. The van der Waals surface area contributed by atoms with Crippen molar-refractivity contribution in [1.29, 1.82) is 0 Å². The molecule has 2 aromatic heterocycles. The number of benzene rings is 2. The maximum Gasteiger partial charge on any atom is 0.268 e. The largest absolute Gasteiger partial charge is 0.497 e. The fourth-order valence-electron chi connectivity index (χ4n) is 2.86. The van der Waals surface area contributed by atoms with Crippen LogP contribution in [0.2, 0.25) is 0 Å². The molecular weight excluding hydrogens is 354 g/mol. The minimum Gasteiger partial charge on any atom is -0.497 e. The lowest BCUT2D eigenvalue weighted by Crippen LogP contribution is -2.12. The molecule has 0 aliphatic rings. The topological polar surface area (TPSA) is 48.3 Å². The minimum atomic E-state index is -3.70. The van der Waals surface area contributed by atoms with Gasteiger partial charge < -0.3 is 4.74 Å². The van der Waals surface area contributed by atoms with Gasteiger partial charge in [-0.1, -0.05) is 24.3 Å². The average Bonchev–Trinajstić information content (AvgIpc) is 3.31. The summed E-state index contributed by atoms with van der Waals surface area (Å²) in [6, 6.07) is 18.0. The normalized spacial score (nSPS) is 11.7. The molecule has 0 saturated carbocycles. The lowest BCUT2D eigenvalue weighted by Gasteiger charge is -2.11. The molecule has 2 aromatic carbocycles. The van der Waals surface area contributed by atoms with Crippen molar-refractivity contribution in [2.75, 3.05) is 7.11 Å². The Bertz CT molecular complexity index is 1130. The molecule has 0 N–H and O–H groups in total. The third kappa shape index (κ3) is 2.63. The third-order valence-corrected chi connectivity index (χ3v) is 6.67. The molecule has 0 bridgehead atoms. The van der Waals surface area contributed by atoms with Crippen molar-refractivity contribution in [2.45, 2.75) is 4.90 Å². The molecule has 0 saturated heterocycles. The van der Waals surface area contributed by atoms with Crippen LogP contribution in [-0.2, 0) is 10.0 Å². The van der Waals surface area contributed by atoms with E-state index in [4.69, 9.17) is 4.74 Å². The zero-order valence-corrected chi connectivity index (χ0v) is 15.0. The molecule has 4 aromatic rings.